The van der Waals surface area contributed by atoms with E-state index < -0.39 is 0 Å². The standard InChI is InChI=1S/C11H16O.Li/c1-11(2,3)8-9-6-4-5-7-10(9)12;/h4-7,12H,8H2,1-3H3;/q;+1/p-1. The third-order valence-corrected chi connectivity index (χ3v) is 1.69. The molecule has 0 N–H and O–H groups in total. The molecule has 0 bridgehead atoms. The Balaban J connectivity index is 0.00000144. The minimum Gasteiger partial charge on any atom is -0.872 e. The van der Waals surface area contributed by atoms with Crippen molar-refractivity contribution < 1.29 is 24.0 Å². The van der Waals surface area contributed by atoms with Crippen molar-refractivity contribution in [2.75, 3.05) is 0 Å². The summed E-state index contributed by atoms with van der Waals surface area (Å²) in [5.41, 5.74) is 1.12. The quantitative estimate of drug-likeness (QED) is 0.514. The Bertz CT molecular complexity index is 263. The van der Waals surface area contributed by atoms with E-state index in [1.54, 1.807) is 12.1 Å². The second kappa shape index (κ2) is 4.74. The first kappa shape index (κ1) is 12.6. The van der Waals surface area contributed by atoms with Crippen LogP contribution in [0.15, 0.2) is 24.3 Å². The van der Waals surface area contributed by atoms with Gasteiger partial charge in [0.2, 0.25) is 0 Å². The van der Waals surface area contributed by atoms with Crippen LogP contribution in [0.4, 0.5) is 0 Å². The van der Waals surface area contributed by atoms with Crippen LogP contribution in [0.3, 0.4) is 0 Å². The molecule has 0 atom stereocenters. The van der Waals surface area contributed by atoms with Crippen molar-refractivity contribution in [2.45, 2.75) is 27.2 Å². The number of para-hydroxylation sites is 1. The second-order valence-corrected chi connectivity index (χ2v) is 4.35. The smallest absolute Gasteiger partial charge is 0.872 e. The largest absolute Gasteiger partial charge is 1.00 e. The van der Waals surface area contributed by atoms with Crippen molar-refractivity contribution in [1.29, 1.82) is 0 Å². The zero-order valence-corrected chi connectivity index (χ0v) is 8.92. The normalized spacial score (nSPS) is 10.7. The van der Waals surface area contributed by atoms with Crippen LogP contribution in [0.1, 0.15) is 26.3 Å². The minimum absolute atomic E-state index is 0. The molecule has 1 rings (SSSR count). The van der Waals surface area contributed by atoms with Crippen molar-refractivity contribution in [1.82, 2.24) is 0 Å². The van der Waals surface area contributed by atoms with E-state index >= 15 is 0 Å². The van der Waals surface area contributed by atoms with E-state index in [4.69, 9.17) is 0 Å². The summed E-state index contributed by atoms with van der Waals surface area (Å²) < 4.78 is 0. The SMILES string of the molecule is CC(C)(C)Cc1ccccc1[O-].[Li+]. The maximum absolute atomic E-state index is 11.3. The Morgan fingerprint density at radius 1 is 1.15 bits per heavy atom. The van der Waals surface area contributed by atoms with Gasteiger partial charge in [0, 0.05) is 0 Å². The molecule has 0 saturated carbocycles. The number of benzene rings is 1. The van der Waals surface area contributed by atoms with Crippen molar-refractivity contribution in [3.05, 3.63) is 29.8 Å². The molecule has 13 heavy (non-hydrogen) atoms. The van der Waals surface area contributed by atoms with Crippen LogP contribution in [-0.4, -0.2) is 0 Å². The maximum atomic E-state index is 11.3. The van der Waals surface area contributed by atoms with Crippen LogP contribution in [-0.2, 0) is 6.42 Å². The maximum Gasteiger partial charge on any atom is 1.00 e. The first-order valence-corrected chi connectivity index (χ1v) is 4.24. The van der Waals surface area contributed by atoms with Gasteiger partial charge in [0.1, 0.15) is 0 Å². The van der Waals surface area contributed by atoms with Gasteiger partial charge in [-0.1, -0.05) is 50.6 Å². The van der Waals surface area contributed by atoms with Crippen LogP contribution in [0.25, 0.3) is 0 Å². The molecule has 0 aliphatic heterocycles. The van der Waals surface area contributed by atoms with Crippen molar-refractivity contribution in [3.63, 3.8) is 0 Å². The van der Waals surface area contributed by atoms with Crippen LogP contribution in [0.5, 0.6) is 5.75 Å². The van der Waals surface area contributed by atoms with Crippen molar-refractivity contribution >= 4 is 0 Å². The van der Waals surface area contributed by atoms with Crippen LogP contribution in [0.2, 0.25) is 0 Å². The average molecular weight is 170 g/mol. The summed E-state index contributed by atoms with van der Waals surface area (Å²) in [6, 6.07) is 7.24. The van der Waals surface area contributed by atoms with Gasteiger partial charge in [0.15, 0.2) is 0 Å². The number of hydrogen-bond donors (Lipinski definition) is 0. The van der Waals surface area contributed by atoms with E-state index in [1.165, 1.54) is 0 Å². The molecule has 0 aliphatic rings. The fourth-order valence-electron chi connectivity index (χ4n) is 1.22. The summed E-state index contributed by atoms with van der Waals surface area (Å²) in [5, 5.41) is 11.3. The predicted octanol–water partition coefficient (Wildman–Crippen LogP) is -0.647. The third-order valence-electron chi connectivity index (χ3n) is 1.69. The minimum atomic E-state index is 0. The van der Waals surface area contributed by atoms with E-state index in [-0.39, 0.29) is 30.0 Å². The van der Waals surface area contributed by atoms with Crippen LogP contribution < -0.4 is 24.0 Å². The molecular weight excluding hydrogens is 155 g/mol. The van der Waals surface area contributed by atoms with E-state index in [0.29, 0.717) is 0 Å². The zero-order valence-electron chi connectivity index (χ0n) is 8.92. The molecule has 1 aromatic rings. The predicted molar refractivity (Wildman–Crippen MR) is 49.0 cm³/mol. The molecule has 0 aromatic heterocycles. The van der Waals surface area contributed by atoms with Gasteiger partial charge in [0.25, 0.3) is 0 Å². The Hall–Kier alpha value is -0.383. The van der Waals surface area contributed by atoms with Crippen LogP contribution in [0, 0.1) is 5.41 Å². The van der Waals surface area contributed by atoms with Gasteiger partial charge >= 0.3 is 18.9 Å². The Labute approximate surface area is 92.3 Å². The van der Waals surface area contributed by atoms with Crippen molar-refractivity contribution in [2.24, 2.45) is 5.41 Å². The van der Waals surface area contributed by atoms with E-state index in [1.807, 2.05) is 12.1 Å². The Kier molecular flexibility index (Phi) is 4.60. The van der Waals surface area contributed by atoms with E-state index in [2.05, 4.69) is 20.8 Å². The van der Waals surface area contributed by atoms with Gasteiger partial charge in [-0.2, -0.15) is 0 Å². The topological polar surface area (TPSA) is 23.1 Å². The van der Waals surface area contributed by atoms with Crippen molar-refractivity contribution in [3.8, 4) is 5.75 Å². The fourth-order valence-corrected chi connectivity index (χ4v) is 1.22. The Morgan fingerprint density at radius 2 is 1.69 bits per heavy atom. The molecule has 0 aliphatic carbocycles. The summed E-state index contributed by atoms with van der Waals surface area (Å²) in [6.45, 7) is 6.41. The first-order valence-electron chi connectivity index (χ1n) is 4.24. The third kappa shape index (κ3) is 4.41. The second-order valence-electron chi connectivity index (χ2n) is 4.35. The Morgan fingerprint density at radius 3 is 2.15 bits per heavy atom. The van der Waals surface area contributed by atoms with E-state index in [0.717, 1.165) is 12.0 Å². The molecule has 0 unspecified atom stereocenters. The first-order chi connectivity index (χ1) is 5.49. The molecule has 1 aromatic carbocycles. The molecule has 0 saturated heterocycles. The summed E-state index contributed by atoms with van der Waals surface area (Å²) in [6.07, 6.45) is 0.854. The fraction of sp³-hybridized carbons (Fsp3) is 0.455. The number of rotatable bonds is 1. The van der Waals surface area contributed by atoms with Crippen LogP contribution >= 0.6 is 0 Å². The molecule has 1 nitrogen and oxygen atoms in total. The van der Waals surface area contributed by atoms with Gasteiger partial charge < -0.3 is 5.11 Å². The molecule has 0 fully saturated rings. The molecule has 2 heteroatoms. The summed E-state index contributed by atoms with van der Waals surface area (Å²) >= 11 is 0. The summed E-state index contributed by atoms with van der Waals surface area (Å²) in [4.78, 5) is 0. The average Bonchev–Trinajstić information content (AvgIpc) is 1.91. The van der Waals surface area contributed by atoms with E-state index in [9.17, 15) is 5.11 Å². The summed E-state index contributed by atoms with van der Waals surface area (Å²) in [5.74, 6) is 0.160. The molecule has 66 valence electrons. The van der Waals surface area contributed by atoms with Gasteiger partial charge in [-0.25, -0.2) is 0 Å². The number of hydrogen-bond acceptors (Lipinski definition) is 1. The van der Waals surface area contributed by atoms with Gasteiger partial charge in [-0.3, -0.25) is 0 Å². The molecule has 0 amide bonds. The van der Waals surface area contributed by atoms with Gasteiger partial charge in [0.05, 0.1) is 0 Å². The monoisotopic (exact) mass is 170 g/mol. The molecular formula is C11H15LiO. The van der Waals surface area contributed by atoms with Gasteiger partial charge in [-0.15, -0.1) is 5.75 Å². The van der Waals surface area contributed by atoms with Gasteiger partial charge in [-0.05, 0) is 11.8 Å². The molecule has 0 radical (unpaired) electrons. The summed E-state index contributed by atoms with van der Waals surface area (Å²) in [7, 11) is 0. The molecule has 0 spiro atoms. The molecule has 0 heterocycles. The zero-order chi connectivity index (χ0) is 9.19.